The van der Waals surface area contributed by atoms with E-state index in [1.807, 2.05) is 0 Å². The standard InChI is InChI=1S/C20H28O11/c21-7-12-15(25)16(26)18(28)20(30-12)31-19-13(8-22)29-11(14(24)17(19)27)6-10(23)9-4-2-1-3-5-9/h1-5,11-22,24-28H,6-8H2/t11-,12-,13-,14+,15-,16+,17-,18-,19-,20+/m1/s1. The van der Waals surface area contributed by atoms with Crippen molar-refractivity contribution in [2.45, 2.75) is 67.6 Å². The molecule has 3 rings (SSSR count). The number of carbonyl (C=O) groups is 1. The summed E-state index contributed by atoms with van der Waals surface area (Å²) < 4.78 is 16.3. The summed E-state index contributed by atoms with van der Waals surface area (Å²) in [6, 6.07) is 8.31. The summed E-state index contributed by atoms with van der Waals surface area (Å²) in [6.45, 7) is -1.33. The number of ketones is 1. The summed E-state index contributed by atoms with van der Waals surface area (Å²) in [7, 11) is 0. The number of rotatable bonds is 7. The van der Waals surface area contributed by atoms with E-state index in [1.54, 1.807) is 30.3 Å². The normalized spacial score (nSPS) is 41.1. The minimum Gasteiger partial charge on any atom is -0.394 e. The van der Waals surface area contributed by atoms with Crippen LogP contribution in [0.4, 0.5) is 0 Å². The van der Waals surface area contributed by atoms with Gasteiger partial charge >= 0.3 is 0 Å². The lowest BCUT2D eigenvalue weighted by Gasteiger charge is -2.46. The largest absolute Gasteiger partial charge is 0.394 e. The molecule has 31 heavy (non-hydrogen) atoms. The minimum absolute atomic E-state index is 0.258. The smallest absolute Gasteiger partial charge is 0.187 e. The first-order valence-corrected chi connectivity index (χ1v) is 9.95. The average molecular weight is 444 g/mol. The SMILES string of the molecule is O=C(C[C@H]1O[C@H](CO)[C@@H](O[C@@H]2O[C@H](CO)[C@@H](O)[C@H](O)[C@H]2O)[C@H](O)[C@H]1O)c1ccccc1. The monoisotopic (exact) mass is 444 g/mol. The summed E-state index contributed by atoms with van der Waals surface area (Å²) in [6.07, 6.45) is -15.0. The van der Waals surface area contributed by atoms with Crippen molar-refractivity contribution in [1.82, 2.24) is 0 Å². The summed E-state index contributed by atoms with van der Waals surface area (Å²) in [5, 5.41) is 69.9. The molecule has 1 aromatic carbocycles. The lowest BCUT2D eigenvalue weighted by molar-refractivity contribution is -0.341. The van der Waals surface area contributed by atoms with Crippen LogP contribution in [0.3, 0.4) is 0 Å². The first kappa shape index (κ1) is 24.1. The van der Waals surface area contributed by atoms with Crippen LogP contribution in [-0.4, -0.2) is 116 Å². The molecule has 2 aliphatic rings. The molecule has 2 saturated heterocycles. The molecule has 11 heteroatoms. The fraction of sp³-hybridized carbons (Fsp3) is 0.650. The lowest BCUT2D eigenvalue weighted by Crippen LogP contribution is -2.64. The van der Waals surface area contributed by atoms with Gasteiger partial charge in [-0.15, -0.1) is 0 Å². The Morgan fingerprint density at radius 2 is 1.39 bits per heavy atom. The maximum absolute atomic E-state index is 12.4. The zero-order chi connectivity index (χ0) is 22.7. The minimum atomic E-state index is -1.74. The maximum Gasteiger partial charge on any atom is 0.187 e. The molecule has 0 aliphatic carbocycles. The number of carbonyl (C=O) groups excluding carboxylic acids is 1. The molecule has 0 amide bonds. The van der Waals surface area contributed by atoms with Gasteiger partial charge in [-0.1, -0.05) is 30.3 Å². The Morgan fingerprint density at radius 3 is 2.00 bits per heavy atom. The Hall–Kier alpha value is -1.51. The molecule has 11 nitrogen and oxygen atoms in total. The molecule has 10 atom stereocenters. The molecular weight excluding hydrogens is 416 g/mol. The summed E-state index contributed by atoms with van der Waals surface area (Å²) in [5.74, 6) is -0.332. The molecule has 2 heterocycles. The first-order valence-electron chi connectivity index (χ1n) is 9.95. The maximum atomic E-state index is 12.4. The van der Waals surface area contributed by atoms with Gasteiger partial charge in [0.1, 0.15) is 48.8 Å². The van der Waals surface area contributed by atoms with Crippen LogP contribution in [0.2, 0.25) is 0 Å². The van der Waals surface area contributed by atoms with Crippen molar-refractivity contribution in [3.63, 3.8) is 0 Å². The van der Waals surface area contributed by atoms with Gasteiger partial charge in [-0.3, -0.25) is 4.79 Å². The zero-order valence-electron chi connectivity index (χ0n) is 16.5. The second kappa shape index (κ2) is 10.4. The molecule has 0 radical (unpaired) electrons. The van der Waals surface area contributed by atoms with Crippen molar-refractivity contribution in [3.05, 3.63) is 35.9 Å². The fourth-order valence-corrected chi connectivity index (χ4v) is 3.76. The van der Waals surface area contributed by atoms with Gasteiger partial charge in [0.2, 0.25) is 0 Å². The van der Waals surface area contributed by atoms with E-state index in [0.717, 1.165) is 0 Å². The second-order valence-electron chi connectivity index (χ2n) is 7.67. The van der Waals surface area contributed by atoms with Crippen molar-refractivity contribution >= 4 is 5.78 Å². The number of Topliss-reactive ketones (excluding diaryl/α,β-unsaturated/α-hetero) is 1. The van der Waals surface area contributed by atoms with E-state index in [9.17, 15) is 40.5 Å². The van der Waals surface area contributed by atoms with Crippen molar-refractivity contribution in [1.29, 1.82) is 0 Å². The fourth-order valence-electron chi connectivity index (χ4n) is 3.76. The predicted molar refractivity (Wildman–Crippen MR) is 102 cm³/mol. The van der Waals surface area contributed by atoms with E-state index in [0.29, 0.717) is 5.56 Å². The molecule has 0 unspecified atom stereocenters. The predicted octanol–water partition coefficient (Wildman–Crippen LogP) is -3.07. The molecular formula is C20H28O11. The van der Waals surface area contributed by atoms with Gasteiger partial charge in [-0.05, 0) is 0 Å². The van der Waals surface area contributed by atoms with Crippen LogP contribution in [0.25, 0.3) is 0 Å². The van der Waals surface area contributed by atoms with Gasteiger partial charge in [-0.25, -0.2) is 0 Å². The van der Waals surface area contributed by atoms with Gasteiger partial charge in [0.05, 0.1) is 19.3 Å². The van der Waals surface area contributed by atoms with E-state index in [-0.39, 0.29) is 12.2 Å². The third-order valence-corrected chi connectivity index (χ3v) is 5.59. The van der Waals surface area contributed by atoms with Gasteiger partial charge in [0.15, 0.2) is 12.1 Å². The van der Waals surface area contributed by atoms with E-state index in [1.165, 1.54) is 0 Å². The van der Waals surface area contributed by atoms with Gasteiger partial charge in [0, 0.05) is 12.0 Å². The Morgan fingerprint density at radius 1 is 0.774 bits per heavy atom. The molecule has 0 bridgehead atoms. The molecule has 0 aromatic heterocycles. The van der Waals surface area contributed by atoms with Gasteiger partial charge < -0.3 is 50.0 Å². The first-order chi connectivity index (χ1) is 14.8. The Balaban J connectivity index is 1.70. The average Bonchev–Trinajstić information content (AvgIpc) is 2.79. The third kappa shape index (κ3) is 5.12. The second-order valence-corrected chi connectivity index (χ2v) is 7.67. The molecule has 0 spiro atoms. The Kier molecular flexibility index (Phi) is 8.10. The van der Waals surface area contributed by atoms with E-state index in [2.05, 4.69) is 0 Å². The van der Waals surface area contributed by atoms with Crippen LogP contribution in [0.1, 0.15) is 16.8 Å². The van der Waals surface area contributed by atoms with Crippen LogP contribution >= 0.6 is 0 Å². The van der Waals surface area contributed by atoms with Crippen molar-refractivity contribution in [3.8, 4) is 0 Å². The Bertz CT molecular complexity index is 712. The summed E-state index contributed by atoms with van der Waals surface area (Å²) in [4.78, 5) is 12.4. The highest BCUT2D eigenvalue weighted by Gasteiger charge is 2.50. The van der Waals surface area contributed by atoms with E-state index >= 15 is 0 Å². The van der Waals surface area contributed by atoms with Crippen LogP contribution in [0.15, 0.2) is 30.3 Å². The van der Waals surface area contributed by atoms with Gasteiger partial charge in [-0.2, -0.15) is 0 Å². The van der Waals surface area contributed by atoms with Crippen LogP contribution in [0, 0.1) is 0 Å². The molecule has 2 fully saturated rings. The van der Waals surface area contributed by atoms with Crippen molar-refractivity contribution in [2.75, 3.05) is 13.2 Å². The third-order valence-electron chi connectivity index (χ3n) is 5.59. The molecule has 0 saturated carbocycles. The number of aliphatic hydroxyl groups excluding tert-OH is 7. The van der Waals surface area contributed by atoms with E-state index in [4.69, 9.17) is 14.2 Å². The number of hydrogen-bond donors (Lipinski definition) is 7. The lowest BCUT2D eigenvalue weighted by atomic mass is 9.91. The van der Waals surface area contributed by atoms with Crippen LogP contribution in [-0.2, 0) is 14.2 Å². The number of aliphatic hydroxyl groups is 7. The Labute approximate surface area is 178 Å². The highest BCUT2D eigenvalue weighted by Crippen LogP contribution is 2.30. The molecule has 7 N–H and O–H groups in total. The molecule has 2 aliphatic heterocycles. The number of ether oxygens (including phenoxy) is 3. The van der Waals surface area contributed by atoms with Gasteiger partial charge in [0.25, 0.3) is 0 Å². The summed E-state index contributed by atoms with van der Waals surface area (Å²) in [5.41, 5.74) is 0.396. The van der Waals surface area contributed by atoms with Crippen LogP contribution in [0.5, 0.6) is 0 Å². The number of hydrogen-bond acceptors (Lipinski definition) is 11. The summed E-state index contributed by atoms with van der Waals surface area (Å²) >= 11 is 0. The zero-order valence-corrected chi connectivity index (χ0v) is 16.5. The molecule has 1 aromatic rings. The highest BCUT2D eigenvalue weighted by molar-refractivity contribution is 5.96. The van der Waals surface area contributed by atoms with E-state index < -0.39 is 74.4 Å². The number of benzene rings is 1. The van der Waals surface area contributed by atoms with Crippen molar-refractivity contribution in [2.24, 2.45) is 0 Å². The van der Waals surface area contributed by atoms with Crippen LogP contribution < -0.4 is 0 Å². The highest BCUT2D eigenvalue weighted by atomic mass is 16.7. The quantitative estimate of drug-likeness (QED) is 0.212. The topological polar surface area (TPSA) is 186 Å². The van der Waals surface area contributed by atoms with Crippen molar-refractivity contribution < 1.29 is 54.8 Å². The molecule has 174 valence electrons.